The van der Waals surface area contributed by atoms with Crippen LogP contribution in [0.2, 0.25) is 0 Å². The van der Waals surface area contributed by atoms with Crippen LogP contribution in [0.15, 0.2) is 24.3 Å². The summed E-state index contributed by atoms with van der Waals surface area (Å²) >= 11 is 0. The van der Waals surface area contributed by atoms with E-state index in [1.807, 2.05) is 7.05 Å². The maximum Gasteiger partial charge on any atom is 0.0355 e. The second kappa shape index (κ2) is 5.13. The molecule has 0 aliphatic heterocycles. The largest absolute Gasteiger partial charge is 0.330 e. The van der Waals surface area contributed by atoms with E-state index in [2.05, 4.69) is 43.4 Å². The van der Waals surface area contributed by atoms with Gasteiger partial charge in [0, 0.05) is 6.04 Å². The predicted molar refractivity (Wildman–Crippen MR) is 61.2 cm³/mol. The molecule has 2 atom stereocenters. The highest BCUT2D eigenvalue weighted by atomic mass is 14.9. The lowest BCUT2D eigenvalue weighted by Gasteiger charge is -2.22. The summed E-state index contributed by atoms with van der Waals surface area (Å²) in [5.41, 5.74) is 8.29. The molecule has 14 heavy (non-hydrogen) atoms. The van der Waals surface area contributed by atoms with Crippen LogP contribution in [0, 0.1) is 12.8 Å². The van der Waals surface area contributed by atoms with Gasteiger partial charge in [0.1, 0.15) is 0 Å². The summed E-state index contributed by atoms with van der Waals surface area (Å²) in [6.07, 6.45) is 0. The van der Waals surface area contributed by atoms with Gasteiger partial charge in [0.25, 0.3) is 0 Å². The Balaban J connectivity index is 2.84. The molecular formula is C12H20N2. The first-order valence-corrected chi connectivity index (χ1v) is 5.13. The molecule has 0 spiro atoms. The van der Waals surface area contributed by atoms with E-state index in [1.54, 1.807) is 0 Å². The Kier molecular flexibility index (Phi) is 4.11. The Labute approximate surface area is 86.5 Å². The van der Waals surface area contributed by atoms with Crippen molar-refractivity contribution < 1.29 is 0 Å². The Morgan fingerprint density at radius 2 is 1.86 bits per heavy atom. The summed E-state index contributed by atoms with van der Waals surface area (Å²) in [7, 11) is 1.98. The lowest BCUT2D eigenvalue weighted by atomic mass is 9.94. The smallest absolute Gasteiger partial charge is 0.0355 e. The van der Waals surface area contributed by atoms with E-state index < -0.39 is 0 Å². The molecule has 2 heteroatoms. The van der Waals surface area contributed by atoms with Gasteiger partial charge in [-0.2, -0.15) is 0 Å². The molecule has 1 rings (SSSR count). The van der Waals surface area contributed by atoms with Crippen LogP contribution in [0.1, 0.15) is 24.1 Å². The van der Waals surface area contributed by atoms with E-state index >= 15 is 0 Å². The van der Waals surface area contributed by atoms with Crippen molar-refractivity contribution in [3.05, 3.63) is 35.4 Å². The van der Waals surface area contributed by atoms with Crippen LogP contribution < -0.4 is 11.1 Å². The van der Waals surface area contributed by atoms with Gasteiger partial charge in [-0.15, -0.1) is 0 Å². The van der Waals surface area contributed by atoms with E-state index in [9.17, 15) is 0 Å². The van der Waals surface area contributed by atoms with E-state index in [-0.39, 0.29) is 0 Å². The van der Waals surface area contributed by atoms with Crippen molar-refractivity contribution in [2.45, 2.75) is 19.9 Å². The zero-order chi connectivity index (χ0) is 10.6. The molecule has 0 aliphatic carbocycles. The van der Waals surface area contributed by atoms with Crippen molar-refractivity contribution in [2.75, 3.05) is 13.6 Å². The molecule has 0 aromatic heterocycles. The Morgan fingerprint density at radius 1 is 1.29 bits per heavy atom. The molecule has 2 nitrogen and oxygen atoms in total. The first-order chi connectivity index (χ1) is 6.69. The van der Waals surface area contributed by atoms with Gasteiger partial charge in [0.05, 0.1) is 0 Å². The predicted octanol–water partition coefficient (Wildman–Crippen LogP) is 1.85. The highest BCUT2D eigenvalue weighted by Crippen LogP contribution is 2.20. The fourth-order valence-electron chi connectivity index (χ4n) is 1.69. The van der Waals surface area contributed by atoms with Gasteiger partial charge in [0.15, 0.2) is 0 Å². The topological polar surface area (TPSA) is 38.0 Å². The Hall–Kier alpha value is -0.860. The molecule has 1 aromatic rings. The molecule has 0 amide bonds. The minimum absolute atomic E-state index is 0.362. The molecule has 1 aromatic carbocycles. The van der Waals surface area contributed by atoms with E-state index in [0.717, 1.165) is 0 Å². The first-order valence-electron chi connectivity index (χ1n) is 5.13. The van der Waals surface area contributed by atoms with E-state index in [0.29, 0.717) is 18.5 Å². The number of nitrogens with one attached hydrogen (secondary N) is 1. The molecule has 0 bridgehead atoms. The number of benzene rings is 1. The molecule has 78 valence electrons. The van der Waals surface area contributed by atoms with Crippen LogP contribution in [0.3, 0.4) is 0 Å². The normalized spacial score (nSPS) is 15.1. The van der Waals surface area contributed by atoms with Crippen LogP contribution in [0.5, 0.6) is 0 Å². The highest BCUT2D eigenvalue weighted by molar-refractivity contribution is 5.24. The quantitative estimate of drug-likeness (QED) is 0.764. The van der Waals surface area contributed by atoms with Gasteiger partial charge in [0.2, 0.25) is 0 Å². The van der Waals surface area contributed by atoms with Gasteiger partial charge in [-0.3, -0.25) is 0 Å². The number of nitrogens with two attached hydrogens (primary N) is 1. The third-order valence-electron chi connectivity index (χ3n) is 2.69. The van der Waals surface area contributed by atoms with Crippen molar-refractivity contribution >= 4 is 0 Å². The summed E-state index contributed by atoms with van der Waals surface area (Å²) in [4.78, 5) is 0. The maximum atomic E-state index is 5.68. The van der Waals surface area contributed by atoms with Crippen molar-refractivity contribution in [2.24, 2.45) is 11.7 Å². The standard InChI is InChI=1S/C12H20N2/c1-9-4-6-11(7-5-9)12(14-3)10(2)8-13/h4-7,10,12,14H,8,13H2,1-3H3. The molecule has 0 aliphatic rings. The average Bonchev–Trinajstić information content (AvgIpc) is 2.21. The van der Waals surface area contributed by atoms with Crippen LogP contribution in [0.25, 0.3) is 0 Å². The summed E-state index contributed by atoms with van der Waals surface area (Å²) in [6.45, 7) is 4.98. The molecule has 3 N–H and O–H groups in total. The van der Waals surface area contributed by atoms with Gasteiger partial charge in [-0.1, -0.05) is 36.8 Å². The monoisotopic (exact) mass is 192 g/mol. The summed E-state index contributed by atoms with van der Waals surface area (Å²) in [6, 6.07) is 8.98. The van der Waals surface area contributed by atoms with Gasteiger partial charge < -0.3 is 11.1 Å². The number of aryl methyl sites for hydroxylation is 1. The minimum atomic E-state index is 0.362. The van der Waals surface area contributed by atoms with Gasteiger partial charge in [-0.05, 0) is 32.0 Å². The van der Waals surface area contributed by atoms with Crippen molar-refractivity contribution in [1.29, 1.82) is 0 Å². The van der Waals surface area contributed by atoms with E-state index in [4.69, 9.17) is 5.73 Å². The molecule has 0 radical (unpaired) electrons. The molecule has 2 unspecified atom stereocenters. The van der Waals surface area contributed by atoms with Gasteiger partial charge >= 0.3 is 0 Å². The van der Waals surface area contributed by atoms with Crippen LogP contribution in [0.4, 0.5) is 0 Å². The minimum Gasteiger partial charge on any atom is -0.330 e. The van der Waals surface area contributed by atoms with Crippen LogP contribution in [-0.2, 0) is 0 Å². The van der Waals surface area contributed by atoms with Gasteiger partial charge in [-0.25, -0.2) is 0 Å². The molecule has 0 heterocycles. The van der Waals surface area contributed by atoms with Crippen molar-refractivity contribution in [3.8, 4) is 0 Å². The van der Waals surface area contributed by atoms with Crippen molar-refractivity contribution in [3.63, 3.8) is 0 Å². The zero-order valence-corrected chi connectivity index (χ0v) is 9.25. The summed E-state index contributed by atoms with van der Waals surface area (Å²) in [5.74, 6) is 0.461. The molecule has 0 fully saturated rings. The molecular weight excluding hydrogens is 172 g/mol. The SMILES string of the molecule is CNC(c1ccc(C)cc1)C(C)CN. The average molecular weight is 192 g/mol. The lowest BCUT2D eigenvalue weighted by Crippen LogP contribution is -2.28. The summed E-state index contributed by atoms with van der Waals surface area (Å²) < 4.78 is 0. The number of hydrogen-bond acceptors (Lipinski definition) is 2. The van der Waals surface area contributed by atoms with Crippen LogP contribution >= 0.6 is 0 Å². The Morgan fingerprint density at radius 3 is 2.29 bits per heavy atom. The summed E-state index contributed by atoms with van der Waals surface area (Å²) in [5, 5.41) is 3.31. The van der Waals surface area contributed by atoms with Crippen LogP contribution in [-0.4, -0.2) is 13.6 Å². The highest BCUT2D eigenvalue weighted by Gasteiger charge is 2.15. The second-order valence-electron chi connectivity index (χ2n) is 3.89. The first kappa shape index (κ1) is 11.2. The zero-order valence-electron chi connectivity index (χ0n) is 9.25. The van der Waals surface area contributed by atoms with Crippen molar-refractivity contribution in [1.82, 2.24) is 5.32 Å². The fraction of sp³-hybridized carbons (Fsp3) is 0.500. The Bertz CT molecular complexity index is 266. The second-order valence-corrected chi connectivity index (χ2v) is 3.89. The maximum absolute atomic E-state index is 5.68. The number of hydrogen-bond donors (Lipinski definition) is 2. The lowest BCUT2D eigenvalue weighted by molar-refractivity contribution is 0.419. The fourth-order valence-corrected chi connectivity index (χ4v) is 1.69. The molecule has 0 saturated carbocycles. The third-order valence-corrected chi connectivity index (χ3v) is 2.69. The molecule has 0 saturated heterocycles. The third kappa shape index (κ3) is 2.56. The van der Waals surface area contributed by atoms with E-state index in [1.165, 1.54) is 11.1 Å². The number of rotatable bonds is 4.